The van der Waals surface area contributed by atoms with Crippen LogP contribution in [0.2, 0.25) is 0 Å². The topological polar surface area (TPSA) is 105 Å². The van der Waals surface area contributed by atoms with Crippen LogP contribution in [-0.2, 0) is 10.3 Å². The minimum atomic E-state index is -4.34. The fourth-order valence-corrected chi connectivity index (χ4v) is 3.23. The van der Waals surface area contributed by atoms with E-state index in [1.54, 1.807) is 26.0 Å². The zero-order chi connectivity index (χ0) is 14.3. The first kappa shape index (κ1) is 13.7. The number of rotatable bonds is 4. The van der Waals surface area contributed by atoms with E-state index in [1.807, 2.05) is 0 Å². The Morgan fingerprint density at radius 2 is 1.95 bits per heavy atom. The minimum absolute atomic E-state index is 0.161. The lowest BCUT2D eigenvalue weighted by Crippen LogP contribution is -2.53. The highest BCUT2D eigenvalue weighted by Gasteiger charge is 2.40. The van der Waals surface area contributed by atoms with E-state index in [-0.39, 0.29) is 18.6 Å². The average Bonchev–Trinajstić information content (AvgIpc) is 2.72. The molecule has 1 aromatic heterocycles. The third-order valence-corrected chi connectivity index (χ3v) is 4.96. The van der Waals surface area contributed by atoms with Gasteiger partial charge in [-0.15, -0.1) is 13.5 Å². The lowest BCUT2D eigenvalue weighted by Gasteiger charge is -2.31. The van der Waals surface area contributed by atoms with Crippen molar-refractivity contribution in [2.45, 2.75) is 13.8 Å². The van der Waals surface area contributed by atoms with Crippen LogP contribution in [0, 0.1) is 0 Å². The van der Waals surface area contributed by atoms with Gasteiger partial charge in [-0.05, 0) is 25.1 Å². The molecule has 0 amide bonds. The van der Waals surface area contributed by atoms with Gasteiger partial charge >= 0.3 is 10.3 Å². The maximum Gasteiger partial charge on any atom is 0.437 e. The van der Waals surface area contributed by atoms with Gasteiger partial charge in [0.25, 0.3) is 0 Å². The number of quaternary nitrogens is 1. The molecule has 0 spiro atoms. The Hall–Kier alpha value is -1.71. The molecule has 0 saturated heterocycles. The molecule has 0 radical (unpaired) electrons. The largest absolute Gasteiger partial charge is 0.437 e. The molecule has 19 heavy (non-hydrogen) atoms. The van der Waals surface area contributed by atoms with Crippen LogP contribution < -0.4 is 3.89 Å². The molecule has 104 valence electrons. The highest BCUT2D eigenvalue weighted by Crippen LogP contribution is 2.29. The van der Waals surface area contributed by atoms with E-state index in [4.69, 9.17) is 0 Å². The Bertz CT molecular complexity index is 705. The smallest absolute Gasteiger partial charge is 0.410 e. The van der Waals surface area contributed by atoms with Crippen LogP contribution in [0.15, 0.2) is 18.2 Å². The van der Waals surface area contributed by atoms with Gasteiger partial charge in [0.15, 0.2) is 5.69 Å². The summed E-state index contributed by atoms with van der Waals surface area (Å²) in [4.78, 5) is 0.572. The molecular weight excluding hydrogens is 272 g/mol. The van der Waals surface area contributed by atoms with E-state index in [9.17, 15) is 18.2 Å². The van der Waals surface area contributed by atoms with E-state index in [0.717, 1.165) is 0 Å². The van der Waals surface area contributed by atoms with Crippen LogP contribution in [0.25, 0.3) is 11.0 Å². The van der Waals surface area contributed by atoms with Crippen molar-refractivity contribution in [3.05, 3.63) is 18.2 Å². The number of fused-ring (bicyclic) bond motifs is 1. The molecule has 0 aliphatic heterocycles. The summed E-state index contributed by atoms with van der Waals surface area (Å²) in [5, 5.41) is 16.6. The predicted octanol–water partition coefficient (Wildman–Crippen LogP) is 0.819. The highest BCUT2D eigenvalue weighted by molar-refractivity contribution is 7.85. The maximum absolute atomic E-state index is 11.7. The van der Waals surface area contributed by atoms with Crippen LogP contribution in [0.3, 0.4) is 0 Å². The molecule has 0 saturated carbocycles. The van der Waals surface area contributed by atoms with Gasteiger partial charge in [-0.3, -0.25) is 0 Å². The summed E-state index contributed by atoms with van der Waals surface area (Å²) in [5.41, 5.74) is 1.06. The summed E-state index contributed by atoms with van der Waals surface area (Å²) in [5.74, 6) is 0. The van der Waals surface area contributed by atoms with Gasteiger partial charge in [-0.1, -0.05) is 4.85 Å². The van der Waals surface area contributed by atoms with Crippen molar-refractivity contribution in [2.24, 2.45) is 0 Å². The number of benzene rings is 1. The van der Waals surface area contributed by atoms with E-state index in [0.29, 0.717) is 16.0 Å². The fraction of sp³-hybridized carbons (Fsp3) is 0.400. The van der Waals surface area contributed by atoms with E-state index < -0.39 is 14.2 Å². The van der Waals surface area contributed by atoms with E-state index in [1.165, 1.54) is 6.07 Å². The van der Waals surface area contributed by atoms with Crippen molar-refractivity contribution >= 4 is 27.0 Å². The van der Waals surface area contributed by atoms with Gasteiger partial charge < -0.3 is 5.21 Å². The summed E-state index contributed by atoms with van der Waals surface area (Å²) >= 11 is 0. The van der Waals surface area contributed by atoms with Gasteiger partial charge in [0, 0.05) is 12.1 Å². The molecule has 0 fully saturated rings. The minimum Gasteiger partial charge on any atom is -0.410 e. The number of hydrogen-bond acceptors (Lipinski definition) is 5. The molecule has 1 aromatic carbocycles. The first-order valence-corrected chi connectivity index (χ1v) is 7.15. The summed E-state index contributed by atoms with van der Waals surface area (Å²) in [6.45, 7) is 3.65. The van der Waals surface area contributed by atoms with Crippen molar-refractivity contribution in [2.75, 3.05) is 13.1 Å². The van der Waals surface area contributed by atoms with Gasteiger partial charge in [0.1, 0.15) is 11.0 Å². The molecule has 8 nitrogen and oxygen atoms in total. The monoisotopic (exact) mass is 287 g/mol. The zero-order valence-electron chi connectivity index (χ0n) is 10.6. The highest BCUT2D eigenvalue weighted by atomic mass is 32.2. The standard InChI is InChI=1S/C10H14N4O4S/c1-3-14(4-2,19(16,17)18)8-5-6-9-10(7-8)13(15)12-11-9/h5-7,15H,3-4H2,1-2H3/p+1. The molecule has 2 aromatic rings. The molecule has 2 rings (SSSR count). The molecule has 0 aliphatic carbocycles. The lowest BCUT2D eigenvalue weighted by atomic mass is 10.2. The van der Waals surface area contributed by atoms with Gasteiger partial charge in [-0.25, -0.2) is 4.55 Å². The van der Waals surface area contributed by atoms with Crippen molar-refractivity contribution in [1.82, 2.24) is 19.0 Å². The van der Waals surface area contributed by atoms with Crippen molar-refractivity contribution in [3.63, 3.8) is 0 Å². The third-order valence-electron chi connectivity index (χ3n) is 3.35. The Morgan fingerprint density at radius 3 is 2.47 bits per heavy atom. The molecule has 1 heterocycles. The van der Waals surface area contributed by atoms with E-state index in [2.05, 4.69) is 10.3 Å². The van der Waals surface area contributed by atoms with Crippen LogP contribution >= 0.6 is 0 Å². The molecule has 0 atom stereocenters. The second-order valence-electron chi connectivity index (χ2n) is 4.12. The summed E-state index contributed by atoms with van der Waals surface area (Å²) < 4.78 is 32.3. The summed E-state index contributed by atoms with van der Waals surface area (Å²) in [6.07, 6.45) is 0. The molecule has 0 aliphatic rings. The summed E-state index contributed by atoms with van der Waals surface area (Å²) in [7, 11) is -4.34. The fourth-order valence-electron chi connectivity index (χ4n) is 2.20. The zero-order valence-corrected chi connectivity index (χ0v) is 11.4. The van der Waals surface area contributed by atoms with Gasteiger partial charge in [0.2, 0.25) is 0 Å². The average molecular weight is 287 g/mol. The van der Waals surface area contributed by atoms with Gasteiger partial charge in [0.05, 0.1) is 13.1 Å². The molecule has 2 N–H and O–H groups in total. The number of nitrogens with zero attached hydrogens (tertiary/aromatic N) is 4. The van der Waals surface area contributed by atoms with Crippen LogP contribution in [0.5, 0.6) is 0 Å². The Morgan fingerprint density at radius 1 is 1.32 bits per heavy atom. The van der Waals surface area contributed by atoms with E-state index >= 15 is 0 Å². The molecule has 0 unspecified atom stereocenters. The number of aromatic nitrogens is 3. The predicted molar refractivity (Wildman–Crippen MR) is 69.1 cm³/mol. The van der Waals surface area contributed by atoms with Gasteiger partial charge in [-0.2, -0.15) is 3.89 Å². The van der Waals surface area contributed by atoms with Crippen molar-refractivity contribution in [3.8, 4) is 0 Å². The second-order valence-corrected chi connectivity index (χ2v) is 5.72. The molecule has 0 bridgehead atoms. The Balaban J connectivity index is 2.73. The van der Waals surface area contributed by atoms with Crippen LogP contribution in [0.1, 0.15) is 13.8 Å². The third kappa shape index (κ3) is 1.95. The quantitative estimate of drug-likeness (QED) is 0.490. The first-order valence-electron chi connectivity index (χ1n) is 5.75. The second kappa shape index (κ2) is 4.44. The van der Waals surface area contributed by atoms with Crippen molar-refractivity contribution < 1.29 is 18.2 Å². The van der Waals surface area contributed by atoms with Crippen LogP contribution in [0.4, 0.5) is 5.69 Å². The Kier molecular flexibility index (Phi) is 3.20. The number of hydrogen-bond donors (Lipinski definition) is 2. The SMILES string of the molecule is CC[N+](CC)(c1ccc2nnn(O)c2c1)S(=O)(=O)O. The molecular formula is C10H15N4O4S+. The van der Waals surface area contributed by atoms with Crippen molar-refractivity contribution in [1.29, 1.82) is 0 Å². The molecule has 9 heteroatoms. The normalized spacial score (nSPS) is 13.0. The maximum atomic E-state index is 11.7. The Labute approximate surface area is 110 Å². The first-order chi connectivity index (χ1) is 8.85. The van der Waals surface area contributed by atoms with Crippen LogP contribution in [-0.4, -0.2) is 46.4 Å². The lowest BCUT2D eigenvalue weighted by molar-refractivity contribution is 0.154. The summed E-state index contributed by atoms with van der Waals surface area (Å²) in [6, 6.07) is 4.56.